The fraction of sp³-hybridized carbons (Fsp3) is 0.333. The van der Waals surface area contributed by atoms with Crippen LogP contribution in [0, 0.1) is 0 Å². The van der Waals surface area contributed by atoms with Crippen LogP contribution in [0.5, 0.6) is 0 Å². The number of hydrogen-bond donors (Lipinski definition) is 1. The molecule has 0 saturated heterocycles. The van der Waals surface area contributed by atoms with Gasteiger partial charge in [0.15, 0.2) is 0 Å². The zero-order valence-electron chi connectivity index (χ0n) is 2.66. The van der Waals surface area contributed by atoms with E-state index >= 15 is 0 Å². The van der Waals surface area contributed by atoms with Gasteiger partial charge in [-0.05, 0) is 0 Å². The van der Waals surface area contributed by atoms with Gasteiger partial charge in [0.25, 0.3) is 0 Å². The van der Waals surface area contributed by atoms with E-state index in [1.54, 1.807) is 0 Å². The van der Waals surface area contributed by atoms with Crippen LogP contribution in [-0.2, 0) is 0 Å². The second-order valence-corrected chi connectivity index (χ2v) is 0.972. The first-order chi connectivity index (χ1) is 2.39. The third kappa shape index (κ3) is 0.251. The highest BCUT2D eigenvalue weighted by molar-refractivity contribution is 5.02. The monoisotopic (exact) mass is 73.0 g/mol. The predicted octanol–water partition coefficient (Wildman–Crippen LogP) is 0.401. The smallest absolute Gasteiger partial charge is 0.135 e. The number of nitrogens with one attached hydrogen (secondary N) is 1. The van der Waals surface area contributed by atoms with Gasteiger partial charge < -0.3 is 5.32 Å². The quantitative estimate of drug-likeness (QED) is 0.437. The molecule has 0 atom stereocenters. The SMILES string of the molecule is FC1=CNC1. The zero-order chi connectivity index (χ0) is 3.70. The lowest BCUT2D eigenvalue weighted by molar-refractivity contribution is 0.546. The molecule has 0 fully saturated rings. The summed E-state index contributed by atoms with van der Waals surface area (Å²) in [6.07, 6.45) is 1.35. The van der Waals surface area contributed by atoms with Crippen molar-refractivity contribution >= 4 is 0 Å². The normalized spacial score (nSPS) is 19.0. The van der Waals surface area contributed by atoms with Gasteiger partial charge in [-0.1, -0.05) is 0 Å². The molecular formula is C3H4FN. The van der Waals surface area contributed by atoms with Gasteiger partial charge in [0.2, 0.25) is 0 Å². The van der Waals surface area contributed by atoms with Crippen LogP contribution >= 0.6 is 0 Å². The van der Waals surface area contributed by atoms with Crippen molar-refractivity contribution in [1.82, 2.24) is 5.32 Å². The molecule has 0 aromatic carbocycles. The highest BCUT2D eigenvalue weighted by Gasteiger charge is 1.98. The minimum atomic E-state index is -0.0509. The molecule has 0 bridgehead atoms. The van der Waals surface area contributed by atoms with E-state index in [1.165, 1.54) is 6.20 Å². The molecule has 0 amide bonds. The Hall–Kier alpha value is -0.530. The lowest BCUT2D eigenvalue weighted by Gasteiger charge is -2.05. The maximum absolute atomic E-state index is 11.3. The van der Waals surface area contributed by atoms with Crippen molar-refractivity contribution in [3.63, 3.8) is 0 Å². The van der Waals surface area contributed by atoms with Crippen molar-refractivity contribution in [2.75, 3.05) is 6.54 Å². The molecule has 2 heteroatoms. The number of halogens is 1. The Labute approximate surface area is 29.5 Å². The Bertz CT molecular complexity index is 67.3. The van der Waals surface area contributed by atoms with Crippen molar-refractivity contribution < 1.29 is 4.39 Å². The van der Waals surface area contributed by atoms with E-state index < -0.39 is 0 Å². The summed E-state index contributed by atoms with van der Waals surface area (Å²) < 4.78 is 11.3. The van der Waals surface area contributed by atoms with E-state index in [2.05, 4.69) is 5.32 Å². The molecule has 28 valence electrons. The maximum Gasteiger partial charge on any atom is 0.135 e. The van der Waals surface area contributed by atoms with Crippen molar-refractivity contribution in [1.29, 1.82) is 0 Å². The largest absolute Gasteiger partial charge is 0.382 e. The predicted molar refractivity (Wildman–Crippen MR) is 17.2 cm³/mol. The fourth-order valence-corrected chi connectivity index (χ4v) is 0.179. The number of rotatable bonds is 0. The van der Waals surface area contributed by atoms with Gasteiger partial charge >= 0.3 is 0 Å². The summed E-state index contributed by atoms with van der Waals surface area (Å²) in [6, 6.07) is 0. The lowest BCUT2D eigenvalue weighted by Crippen LogP contribution is -2.18. The third-order valence-electron chi connectivity index (χ3n) is 0.530. The first kappa shape index (κ1) is 2.69. The molecule has 1 rings (SSSR count). The molecule has 1 aliphatic rings. The molecule has 1 heterocycles. The first-order valence-electron chi connectivity index (χ1n) is 1.47. The van der Waals surface area contributed by atoms with E-state index in [0.717, 1.165) is 0 Å². The molecule has 0 spiro atoms. The Morgan fingerprint density at radius 1 is 2.00 bits per heavy atom. The maximum atomic E-state index is 11.3. The van der Waals surface area contributed by atoms with Crippen LogP contribution in [-0.4, -0.2) is 6.54 Å². The second kappa shape index (κ2) is 0.708. The van der Waals surface area contributed by atoms with Gasteiger partial charge in [0.1, 0.15) is 5.83 Å². The number of hydrogen-bond acceptors (Lipinski definition) is 1. The molecule has 5 heavy (non-hydrogen) atoms. The summed E-state index contributed by atoms with van der Waals surface area (Å²) >= 11 is 0. The lowest BCUT2D eigenvalue weighted by atomic mass is 10.4. The van der Waals surface area contributed by atoms with Crippen LogP contribution in [0.1, 0.15) is 0 Å². The van der Waals surface area contributed by atoms with Crippen LogP contribution in [0.25, 0.3) is 0 Å². The minimum absolute atomic E-state index is 0.0509. The second-order valence-electron chi connectivity index (χ2n) is 0.972. The zero-order valence-corrected chi connectivity index (χ0v) is 2.66. The van der Waals surface area contributed by atoms with Gasteiger partial charge in [-0.2, -0.15) is 0 Å². The highest BCUT2D eigenvalue weighted by Crippen LogP contribution is 1.97. The highest BCUT2D eigenvalue weighted by atomic mass is 19.1. The Kier molecular flexibility index (Phi) is 0.381. The molecule has 1 nitrogen and oxygen atoms in total. The summed E-state index contributed by atoms with van der Waals surface area (Å²) in [5.41, 5.74) is 0. The topological polar surface area (TPSA) is 12.0 Å². The first-order valence-corrected chi connectivity index (χ1v) is 1.47. The average molecular weight is 73.1 g/mol. The van der Waals surface area contributed by atoms with Crippen LogP contribution in [0.2, 0.25) is 0 Å². The van der Waals surface area contributed by atoms with Gasteiger partial charge in [0, 0.05) is 6.20 Å². The minimum Gasteiger partial charge on any atom is -0.382 e. The summed E-state index contributed by atoms with van der Waals surface area (Å²) in [4.78, 5) is 0. The summed E-state index contributed by atoms with van der Waals surface area (Å²) in [5.74, 6) is -0.0509. The van der Waals surface area contributed by atoms with Gasteiger partial charge in [-0.25, -0.2) is 4.39 Å². The van der Waals surface area contributed by atoms with Crippen LogP contribution in [0.3, 0.4) is 0 Å². The Morgan fingerprint density at radius 2 is 2.40 bits per heavy atom. The molecule has 0 radical (unpaired) electrons. The summed E-state index contributed by atoms with van der Waals surface area (Å²) in [5, 5.41) is 2.62. The van der Waals surface area contributed by atoms with E-state index in [9.17, 15) is 4.39 Å². The van der Waals surface area contributed by atoms with Gasteiger partial charge in [-0.3, -0.25) is 0 Å². The van der Waals surface area contributed by atoms with E-state index in [4.69, 9.17) is 0 Å². The third-order valence-corrected chi connectivity index (χ3v) is 0.530. The van der Waals surface area contributed by atoms with Crippen LogP contribution in [0.4, 0.5) is 4.39 Å². The molecule has 0 aliphatic carbocycles. The van der Waals surface area contributed by atoms with Gasteiger partial charge in [-0.15, -0.1) is 0 Å². The molecule has 1 N–H and O–H groups in total. The van der Waals surface area contributed by atoms with E-state index in [1.807, 2.05) is 0 Å². The van der Waals surface area contributed by atoms with Crippen molar-refractivity contribution in [2.45, 2.75) is 0 Å². The van der Waals surface area contributed by atoms with Crippen molar-refractivity contribution in [2.24, 2.45) is 0 Å². The molecule has 0 unspecified atom stereocenters. The standard InChI is InChI=1S/C3H4FN/c4-3-1-5-2-3/h1,5H,2H2. The van der Waals surface area contributed by atoms with Crippen molar-refractivity contribution in [3.05, 3.63) is 12.0 Å². The van der Waals surface area contributed by atoms with Crippen molar-refractivity contribution in [3.8, 4) is 0 Å². The van der Waals surface area contributed by atoms with E-state index in [-0.39, 0.29) is 5.83 Å². The fourth-order valence-electron chi connectivity index (χ4n) is 0.179. The summed E-state index contributed by atoms with van der Waals surface area (Å²) in [6.45, 7) is 0.431. The molecule has 1 aliphatic heterocycles. The van der Waals surface area contributed by atoms with Crippen LogP contribution in [0.15, 0.2) is 12.0 Å². The van der Waals surface area contributed by atoms with E-state index in [0.29, 0.717) is 6.54 Å². The average Bonchev–Trinajstić information content (AvgIpc) is 1.30. The molecular weight excluding hydrogens is 69.0 g/mol. The molecule has 0 aromatic rings. The van der Waals surface area contributed by atoms with Crippen LogP contribution < -0.4 is 5.32 Å². The Morgan fingerprint density at radius 3 is 2.40 bits per heavy atom. The molecule has 0 saturated carbocycles. The van der Waals surface area contributed by atoms with Gasteiger partial charge in [0.05, 0.1) is 6.54 Å². The molecule has 0 aromatic heterocycles. The Balaban J connectivity index is 2.51. The summed E-state index contributed by atoms with van der Waals surface area (Å²) in [7, 11) is 0.